The van der Waals surface area contributed by atoms with Crippen LogP contribution < -0.4 is 18.9 Å². The molecule has 0 aliphatic carbocycles. The van der Waals surface area contributed by atoms with Crippen molar-refractivity contribution in [3.8, 4) is 0 Å². The van der Waals surface area contributed by atoms with Crippen LogP contribution in [-0.4, -0.2) is 36.4 Å². The van der Waals surface area contributed by atoms with Crippen LogP contribution in [0.4, 0.5) is 0 Å². The summed E-state index contributed by atoms with van der Waals surface area (Å²) in [6.45, 7) is 2.00. The Morgan fingerprint density at radius 1 is 1.10 bits per heavy atom. The minimum atomic E-state index is 0. The van der Waals surface area contributed by atoms with Crippen LogP contribution in [0.2, 0.25) is 0 Å². The van der Waals surface area contributed by atoms with Crippen molar-refractivity contribution in [2.45, 2.75) is 12.8 Å². The molecular formula is C5H15LiO4. The fourth-order valence-electron chi connectivity index (χ4n) is 0.510. The molecular weight excluding hydrogens is 131 g/mol. The first-order valence-corrected chi connectivity index (χ1v) is 2.52. The van der Waals surface area contributed by atoms with E-state index in [0.29, 0.717) is 0 Å². The van der Waals surface area contributed by atoms with Crippen molar-refractivity contribution >= 4 is 0 Å². The molecule has 1 heterocycles. The van der Waals surface area contributed by atoms with Crippen molar-refractivity contribution < 1.29 is 39.7 Å². The fourth-order valence-corrected chi connectivity index (χ4v) is 0.510. The normalized spacial score (nSPS) is 12.6. The van der Waals surface area contributed by atoms with Gasteiger partial charge in [0.05, 0.1) is 0 Å². The van der Waals surface area contributed by atoms with E-state index in [2.05, 4.69) is 0 Å². The smallest absolute Gasteiger partial charge is 0.870 e. The molecule has 1 fully saturated rings. The molecule has 0 spiro atoms. The summed E-state index contributed by atoms with van der Waals surface area (Å²) in [7, 11) is 1.00. The van der Waals surface area contributed by atoms with Crippen LogP contribution in [-0.2, 0) is 4.74 Å². The van der Waals surface area contributed by atoms with E-state index in [9.17, 15) is 0 Å². The summed E-state index contributed by atoms with van der Waals surface area (Å²) in [5, 5.41) is 7.00. The molecule has 0 saturated carbocycles. The number of rotatable bonds is 0. The van der Waals surface area contributed by atoms with Gasteiger partial charge in [0, 0.05) is 20.3 Å². The van der Waals surface area contributed by atoms with Crippen LogP contribution in [0.3, 0.4) is 0 Å². The molecule has 4 N–H and O–H groups in total. The first-order valence-electron chi connectivity index (χ1n) is 2.52. The van der Waals surface area contributed by atoms with Gasteiger partial charge in [-0.25, -0.2) is 0 Å². The zero-order valence-electron chi connectivity index (χ0n) is 6.63. The SMILES string of the molecule is C1CCOC1.CO.O.[Li+].[OH-]. The molecule has 5 heteroatoms. The molecule has 60 valence electrons. The van der Waals surface area contributed by atoms with Crippen LogP contribution in [0.15, 0.2) is 0 Å². The molecule has 0 bridgehead atoms. The number of aliphatic hydroxyl groups excluding tert-OH is 1. The predicted octanol–water partition coefficient (Wildman–Crippen LogP) is -3.59. The number of ether oxygens (including phenoxy) is 1. The molecule has 0 aromatic heterocycles. The number of hydrogen-bond acceptors (Lipinski definition) is 3. The maximum absolute atomic E-state index is 7.00. The molecule has 0 amide bonds. The van der Waals surface area contributed by atoms with Gasteiger partial charge < -0.3 is 20.8 Å². The minimum Gasteiger partial charge on any atom is -0.870 e. The molecule has 0 unspecified atom stereocenters. The third-order valence-corrected chi connectivity index (χ3v) is 0.827. The molecule has 0 atom stereocenters. The van der Waals surface area contributed by atoms with Gasteiger partial charge in [-0.3, -0.25) is 0 Å². The zero-order chi connectivity index (χ0) is 5.54. The van der Waals surface area contributed by atoms with Crippen molar-refractivity contribution in [3.05, 3.63) is 0 Å². The molecule has 1 saturated heterocycles. The second-order valence-corrected chi connectivity index (χ2v) is 1.32. The van der Waals surface area contributed by atoms with Gasteiger partial charge in [-0.1, -0.05) is 0 Å². The van der Waals surface area contributed by atoms with Crippen LogP contribution in [0.25, 0.3) is 0 Å². The molecule has 1 rings (SSSR count). The Kier molecular flexibility index (Phi) is 51.0. The van der Waals surface area contributed by atoms with Crippen molar-refractivity contribution in [1.29, 1.82) is 0 Å². The van der Waals surface area contributed by atoms with E-state index in [-0.39, 0.29) is 29.8 Å². The molecule has 10 heavy (non-hydrogen) atoms. The standard InChI is InChI=1S/C4H8O.CH4O.Li.2H2O/c1-2-4-5-3-1;1-2;;;/h1-4H2;2H,1H3;;2*1H2/q;;+1;;/p-1. The van der Waals surface area contributed by atoms with Gasteiger partial charge in [0.25, 0.3) is 0 Å². The maximum atomic E-state index is 7.00. The average molecular weight is 146 g/mol. The summed E-state index contributed by atoms with van der Waals surface area (Å²) in [6.07, 6.45) is 2.56. The molecule has 1 aliphatic rings. The summed E-state index contributed by atoms with van der Waals surface area (Å²) in [5.74, 6) is 0. The average Bonchev–Trinajstić information content (AvgIpc) is 2.23. The summed E-state index contributed by atoms with van der Waals surface area (Å²) in [6, 6.07) is 0. The first kappa shape index (κ1) is 22.4. The molecule has 0 radical (unpaired) electrons. The predicted molar refractivity (Wildman–Crippen MR) is 33.7 cm³/mol. The first-order chi connectivity index (χ1) is 3.50. The van der Waals surface area contributed by atoms with E-state index in [1.54, 1.807) is 0 Å². The van der Waals surface area contributed by atoms with Gasteiger partial charge >= 0.3 is 18.9 Å². The Hall–Kier alpha value is 0.437. The Morgan fingerprint density at radius 2 is 1.40 bits per heavy atom. The van der Waals surface area contributed by atoms with E-state index in [4.69, 9.17) is 9.84 Å². The third-order valence-electron chi connectivity index (χ3n) is 0.827. The summed E-state index contributed by atoms with van der Waals surface area (Å²) in [4.78, 5) is 0. The summed E-state index contributed by atoms with van der Waals surface area (Å²) in [5.41, 5.74) is 0. The third kappa shape index (κ3) is 15.8. The van der Waals surface area contributed by atoms with Gasteiger partial charge in [-0.15, -0.1) is 0 Å². The van der Waals surface area contributed by atoms with E-state index in [0.717, 1.165) is 20.3 Å². The van der Waals surface area contributed by atoms with Crippen molar-refractivity contribution in [1.82, 2.24) is 0 Å². The Morgan fingerprint density at radius 3 is 1.50 bits per heavy atom. The Bertz CT molecular complexity index is 25.2. The van der Waals surface area contributed by atoms with E-state index in [1.165, 1.54) is 12.8 Å². The molecule has 4 nitrogen and oxygen atoms in total. The second kappa shape index (κ2) is 22.7. The maximum Gasteiger partial charge on any atom is 1.00 e. The van der Waals surface area contributed by atoms with Crippen LogP contribution in [0.1, 0.15) is 12.8 Å². The minimum absolute atomic E-state index is 0. The van der Waals surface area contributed by atoms with Crippen LogP contribution in [0.5, 0.6) is 0 Å². The number of hydrogen-bond donors (Lipinski definition) is 1. The second-order valence-electron chi connectivity index (χ2n) is 1.32. The van der Waals surface area contributed by atoms with E-state index < -0.39 is 0 Å². The topological polar surface area (TPSA) is 91.0 Å². The largest absolute Gasteiger partial charge is 1.00 e. The summed E-state index contributed by atoms with van der Waals surface area (Å²) < 4.78 is 4.94. The quantitative estimate of drug-likeness (QED) is 0.358. The van der Waals surface area contributed by atoms with Crippen LogP contribution in [0, 0.1) is 0 Å². The fraction of sp³-hybridized carbons (Fsp3) is 1.00. The van der Waals surface area contributed by atoms with Gasteiger partial charge in [0.15, 0.2) is 0 Å². The van der Waals surface area contributed by atoms with Crippen molar-refractivity contribution in [2.24, 2.45) is 0 Å². The van der Waals surface area contributed by atoms with E-state index >= 15 is 0 Å². The van der Waals surface area contributed by atoms with Crippen molar-refractivity contribution in [3.63, 3.8) is 0 Å². The molecule has 0 aromatic carbocycles. The summed E-state index contributed by atoms with van der Waals surface area (Å²) >= 11 is 0. The van der Waals surface area contributed by atoms with Crippen LogP contribution >= 0.6 is 0 Å². The van der Waals surface area contributed by atoms with Gasteiger partial charge in [-0.2, -0.15) is 0 Å². The Labute approximate surface area is 73.4 Å². The molecule has 0 aromatic rings. The van der Waals surface area contributed by atoms with Gasteiger partial charge in [0.2, 0.25) is 0 Å². The van der Waals surface area contributed by atoms with Gasteiger partial charge in [-0.05, 0) is 12.8 Å². The monoisotopic (exact) mass is 146 g/mol. The van der Waals surface area contributed by atoms with Crippen molar-refractivity contribution in [2.75, 3.05) is 20.3 Å². The number of aliphatic hydroxyl groups is 1. The van der Waals surface area contributed by atoms with Gasteiger partial charge in [0.1, 0.15) is 0 Å². The molecule has 1 aliphatic heterocycles. The zero-order valence-corrected chi connectivity index (χ0v) is 6.63. The Balaban J connectivity index is -0.0000000337. The van der Waals surface area contributed by atoms with E-state index in [1.807, 2.05) is 0 Å².